The molecule has 0 radical (unpaired) electrons. The van der Waals surface area contributed by atoms with E-state index in [1.807, 2.05) is 43.3 Å². The Morgan fingerprint density at radius 3 is 2.55 bits per heavy atom. The summed E-state index contributed by atoms with van der Waals surface area (Å²) in [6.45, 7) is 2.47. The van der Waals surface area contributed by atoms with Gasteiger partial charge in [-0.15, -0.1) is 11.8 Å². The number of hydrogen-bond acceptors (Lipinski definition) is 3. The SMILES string of the molecule is CCOc1ccccc1CC(Sc1ccc(Cl)cc1)C(=O)O. The molecule has 116 valence electrons. The summed E-state index contributed by atoms with van der Waals surface area (Å²) in [5, 5.41) is 9.54. The number of benzene rings is 2. The van der Waals surface area contributed by atoms with Crippen molar-refractivity contribution in [2.24, 2.45) is 0 Å². The number of carboxylic acids is 1. The Balaban J connectivity index is 2.15. The van der Waals surface area contributed by atoms with Crippen LogP contribution in [0.2, 0.25) is 5.02 Å². The lowest BCUT2D eigenvalue weighted by Gasteiger charge is -2.15. The zero-order valence-electron chi connectivity index (χ0n) is 12.2. The minimum absolute atomic E-state index is 0.402. The maximum atomic E-state index is 11.6. The van der Waals surface area contributed by atoms with Gasteiger partial charge in [0.2, 0.25) is 0 Å². The Labute approximate surface area is 139 Å². The number of aliphatic carboxylic acids is 1. The molecule has 2 rings (SSSR count). The largest absolute Gasteiger partial charge is 0.494 e. The molecule has 0 spiro atoms. The van der Waals surface area contributed by atoms with Crippen molar-refractivity contribution in [1.82, 2.24) is 0 Å². The number of ether oxygens (including phenoxy) is 1. The smallest absolute Gasteiger partial charge is 0.317 e. The van der Waals surface area contributed by atoms with Crippen LogP contribution in [-0.4, -0.2) is 22.9 Å². The maximum absolute atomic E-state index is 11.6. The Morgan fingerprint density at radius 1 is 1.23 bits per heavy atom. The van der Waals surface area contributed by atoms with Crippen molar-refractivity contribution in [2.75, 3.05) is 6.61 Å². The van der Waals surface area contributed by atoms with Crippen molar-refractivity contribution in [3.63, 3.8) is 0 Å². The first-order chi connectivity index (χ1) is 10.6. The third kappa shape index (κ3) is 4.68. The minimum atomic E-state index is -0.841. The van der Waals surface area contributed by atoms with Crippen LogP contribution < -0.4 is 4.74 Å². The monoisotopic (exact) mass is 336 g/mol. The van der Waals surface area contributed by atoms with Gasteiger partial charge in [-0.05, 0) is 49.2 Å². The van der Waals surface area contributed by atoms with Crippen LogP contribution >= 0.6 is 23.4 Å². The highest BCUT2D eigenvalue weighted by Gasteiger charge is 2.21. The van der Waals surface area contributed by atoms with E-state index in [0.29, 0.717) is 18.1 Å². The molecule has 2 aromatic carbocycles. The second kappa shape index (κ2) is 8.11. The second-order valence-corrected chi connectivity index (χ2v) is 6.36. The Hall–Kier alpha value is -1.65. The fraction of sp³-hybridized carbons (Fsp3) is 0.235. The molecular formula is C17H17ClO3S. The summed E-state index contributed by atoms with van der Waals surface area (Å²) in [4.78, 5) is 12.4. The van der Waals surface area contributed by atoms with E-state index in [4.69, 9.17) is 16.3 Å². The van der Waals surface area contributed by atoms with Gasteiger partial charge in [-0.25, -0.2) is 0 Å². The van der Waals surface area contributed by atoms with Crippen LogP contribution in [-0.2, 0) is 11.2 Å². The molecule has 22 heavy (non-hydrogen) atoms. The van der Waals surface area contributed by atoms with Crippen LogP contribution in [0, 0.1) is 0 Å². The van der Waals surface area contributed by atoms with Gasteiger partial charge in [-0.1, -0.05) is 29.8 Å². The molecular weight excluding hydrogens is 320 g/mol. The number of hydrogen-bond donors (Lipinski definition) is 1. The molecule has 5 heteroatoms. The van der Waals surface area contributed by atoms with E-state index in [9.17, 15) is 9.90 Å². The summed E-state index contributed by atoms with van der Waals surface area (Å²) < 4.78 is 5.56. The molecule has 2 aromatic rings. The summed E-state index contributed by atoms with van der Waals surface area (Å²) in [6.07, 6.45) is 0.402. The average molecular weight is 337 g/mol. The molecule has 0 saturated carbocycles. The first-order valence-corrected chi connectivity index (χ1v) is 8.21. The number of carbonyl (C=O) groups is 1. The van der Waals surface area contributed by atoms with Gasteiger partial charge < -0.3 is 9.84 Å². The third-order valence-electron chi connectivity index (χ3n) is 3.05. The van der Waals surface area contributed by atoms with E-state index in [1.54, 1.807) is 12.1 Å². The van der Waals surface area contributed by atoms with E-state index in [0.717, 1.165) is 16.2 Å². The van der Waals surface area contributed by atoms with Gasteiger partial charge in [-0.2, -0.15) is 0 Å². The van der Waals surface area contributed by atoms with Crippen molar-refractivity contribution in [3.8, 4) is 5.75 Å². The average Bonchev–Trinajstić information content (AvgIpc) is 2.50. The molecule has 3 nitrogen and oxygen atoms in total. The van der Waals surface area contributed by atoms with Gasteiger partial charge in [0.05, 0.1) is 6.61 Å². The summed E-state index contributed by atoms with van der Waals surface area (Å²) in [5.41, 5.74) is 0.901. The standard InChI is InChI=1S/C17H17ClO3S/c1-2-21-15-6-4-3-5-12(15)11-16(17(19)20)22-14-9-7-13(18)8-10-14/h3-10,16H,2,11H2,1H3,(H,19,20). The predicted octanol–water partition coefficient (Wildman–Crippen LogP) is 4.53. The summed E-state index contributed by atoms with van der Waals surface area (Å²) in [6, 6.07) is 14.7. The third-order valence-corrected chi connectivity index (χ3v) is 4.49. The lowest BCUT2D eigenvalue weighted by Crippen LogP contribution is -2.19. The first kappa shape index (κ1) is 16.7. The van der Waals surface area contributed by atoms with Crippen LogP contribution in [0.15, 0.2) is 53.4 Å². The second-order valence-electron chi connectivity index (χ2n) is 4.64. The van der Waals surface area contributed by atoms with Crippen LogP contribution in [0.1, 0.15) is 12.5 Å². The first-order valence-electron chi connectivity index (χ1n) is 6.96. The predicted molar refractivity (Wildman–Crippen MR) is 90.0 cm³/mol. The van der Waals surface area contributed by atoms with Gasteiger partial charge in [0, 0.05) is 9.92 Å². The highest BCUT2D eigenvalue weighted by molar-refractivity contribution is 8.00. The van der Waals surface area contributed by atoms with Crippen molar-refractivity contribution in [3.05, 3.63) is 59.1 Å². The van der Waals surface area contributed by atoms with Crippen LogP contribution in [0.3, 0.4) is 0 Å². The number of carboxylic acid groups (broad SMARTS) is 1. The van der Waals surface area contributed by atoms with Gasteiger partial charge in [0.1, 0.15) is 11.0 Å². The number of rotatable bonds is 7. The number of thioether (sulfide) groups is 1. The van der Waals surface area contributed by atoms with E-state index >= 15 is 0 Å². The van der Waals surface area contributed by atoms with Crippen LogP contribution in [0.4, 0.5) is 0 Å². The lowest BCUT2D eigenvalue weighted by molar-refractivity contribution is -0.136. The topological polar surface area (TPSA) is 46.5 Å². The molecule has 1 unspecified atom stereocenters. The van der Waals surface area contributed by atoms with Gasteiger partial charge in [0.15, 0.2) is 0 Å². The highest BCUT2D eigenvalue weighted by Crippen LogP contribution is 2.29. The quantitative estimate of drug-likeness (QED) is 0.755. The van der Waals surface area contributed by atoms with Gasteiger partial charge in [-0.3, -0.25) is 4.79 Å². The van der Waals surface area contributed by atoms with Gasteiger partial charge >= 0.3 is 5.97 Å². The maximum Gasteiger partial charge on any atom is 0.317 e. The summed E-state index contributed by atoms with van der Waals surface area (Å²) >= 11 is 7.17. The van der Waals surface area contributed by atoms with Crippen molar-refractivity contribution in [2.45, 2.75) is 23.5 Å². The Kier molecular flexibility index (Phi) is 6.16. The Morgan fingerprint density at radius 2 is 1.91 bits per heavy atom. The molecule has 0 heterocycles. The fourth-order valence-electron chi connectivity index (χ4n) is 2.03. The molecule has 0 aromatic heterocycles. The molecule has 0 bridgehead atoms. The highest BCUT2D eigenvalue weighted by atomic mass is 35.5. The lowest BCUT2D eigenvalue weighted by atomic mass is 10.1. The molecule has 0 amide bonds. The van der Waals surface area contributed by atoms with Crippen LogP contribution in [0.25, 0.3) is 0 Å². The number of halogens is 1. The summed E-state index contributed by atoms with van der Waals surface area (Å²) in [5.74, 6) is -0.0980. The molecule has 0 fully saturated rings. The molecule has 0 saturated heterocycles. The van der Waals surface area contributed by atoms with Crippen molar-refractivity contribution < 1.29 is 14.6 Å². The van der Waals surface area contributed by atoms with Crippen LogP contribution in [0.5, 0.6) is 5.75 Å². The zero-order chi connectivity index (χ0) is 15.9. The van der Waals surface area contributed by atoms with Crippen molar-refractivity contribution in [1.29, 1.82) is 0 Å². The molecule has 0 aliphatic heterocycles. The minimum Gasteiger partial charge on any atom is -0.494 e. The Bertz CT molecular complexity index is 628. The molecule has 0 aliphatic rings. The zero-order valence-corrected chi connectivity index (χ0v) is 13.7. The van der Waals surface area contributed by atoms with E-state index in [2.05, 4.69) is 0 Å². The van der Waals surface area contributed by atoms with E-state index < -0.39 is 11.2 Å². The van der Waals surface area contributed by atoms with Gasteiger partial charge in [0.25, 0.3) is 0 Å². The van der Waals surface area contributed by atoms with E-state index in [1.165, 1.54) is 11.8 Å². The molecule has 1 atom stereocenters. The summed E-state index contributed by atoms with van der Waals surface area (Å²) in [7, 11) is 0. The van der Waals surface area contributed by atoms with E-state index in [-0.39, 0.29) is 0 Å². The van der Waals surface area contributed by atoms with Crippen molar-refractivity contribution >= 4 is 29.3 Å². The number of para-hydroxylation sites is 1. The molecule has 1 N–H and O–H groups in total. The normalized spacial score (nSPS) is 11.9. The molecule has 0 aliphatic carbocycles. The fourth-order valence-corrected chi connectivity index (χ4v) is 3.14.